The molecule has 0 radical (unpaired) electrons. The van der Waals surface area contributed by atoms with Gasteiger partial charge in [0.1, 0.15) is 5.82 Å². The molecule has 132 valence electrons. The molecule has 1 aliphatic carbocycles. The number of carbonyl (C=O) groups is 1. The maximum Gasteiger partial charge on any atom is 0.233 e. The van der Waals surface area contributed by atoms with Gasteiger partial charge >= 0.3 is 0 Å². The Hall–Kier alpha value is -1.30. The standard InChI is InChI=1S/C18H28N4OS/c1-14(17(23)19-12-11-15-8-4-2-5-9-15)24-18-21-20-16-10-6-3-7-13-22(16)18/h8,14H,2-7,9-13H2,1H3,(H,19,23)/t14-/m0/s1. The molecule has 0 unspecified atom stereocenters. The molecule has 0 bridgehead atoms. The fraction of sp³-hybridized carbons (Fsp3) is 0.722. The lowest BCUT2D eigenvalue weighted by molar-refractivity contribution is -0.120. The van der Waals surface area contributed by atoms with E-state index in [1.54, 1.807) is 0 Å². The molecule has 0 aromatic carbocycles. The Balaban J connectivity index is 1.47. The summed E-state index contributed by atoms with van der Waals surface area (Å²) in [4.78, 5) is 12.3. The number of allylic oxidation sites excluding steroid dienone is 1. The lowest BCUT2D eigenvalue weighted by atomic mass is 9.97. The van der Waals surface area contributed by atoms with Crippen LogP contribution < -0.4 is 5.32 Å². The van der Waals surface area contributed by atoms with Gasteiger partial charge in [0.2, 0.25) is 5.91 Å². The largest absolute Gasteiger partial charge is 0.355 e. The van der Waals surface area contributed by atoms with Crippen molar-refractivity contribution < 1.29 is 4.79 Å². The van der Waals surface area contributed by atoms with E-state index in [-0.39, 0.29) is 11.2 Å². The van der Waals surface area contributed by atoms with Gasteiger partial charge in [0, 0.05) is 19.5 Å². The summed E-state index contributed by atoms with van der Waals surface area (Å²) in [5, 5.41) is 12.4. The Bertz CT molecular complexity index is 596. The maximum absolute atomic E-state index is 12.3. The second-order valence-electron chi connectivity index (χ2n) is 6.77. The lowest BCUT2D eigenvalue weighted by Crippen LogP contribution is -2.32. The van der Waals surface area contributed by atoms with Crippen LogP contribution >= 0.6 is 11.8 Å². The molecule has 24 heavy (non-hydrogen) atoms. The van der Waals surface area contributed by atoms with Crippen LogP contribution in [0.1, 0.15) is 64.1 Å². The number of carbonyl (C=O) groups excluding carboxylic acids is 1. The molecular formula is C18H28N4OS. The van der Waals surface area contributed by atoms with Crippen LogP contribution in [0.25, 0.3) is 0 Å². The Morgan fingerprint density at radius 3 is 2.96 bits per heavy atom. The monoisotopic (exact) mass is 348 g/mol. The molecule has 0 saturated heterocycles. The van der Waals surface area contributed by atoms with E-state index in [1.807, 2.05) is 6.92 Å². The number of nitrogens with zero attached hydrogens (tertiary/aromatic N) is 3. The Morgan fingerprint density at radius 1 is 1.25 bits per heavy atom. The number of thioether (sulfide) groups is 1. The molecule has 1 aromatic rings. The zero-order chi connectivity index (χ0) is 16.8. The van der Waals surface area contributed by atoms with E-state index in [1.165, 1.54) is 62.3 Å². The smallest absolute Gasteiger partial charge is 0.233 e. The van der Waals surface area contributed by atoms with Crippen LogP contribution in [0.3, 0.4) is 0 Å². The lowest BCUT2D eigenvalue weighted by Gasteiger charge is -2.15. The van der Waals surface area contributed by atoms with Gasteiger partial charge in [-0.25, -0.2) is 0 Å². The molecule has 0 fully saturated rings. The van der Waals surface area contributed by atoms with E-state index in [0.29, 0.717) is 0 Å². The Kier molecular flexibility index (Phi) is 6.35. The second kappa shape index (κ2) is 8.70. The van der Waals surface area contributed by atoms with Gasteiger partial charge in [0.05, 0.1) is 5.25 Å². The van der Waals surface area contributed by atoms with E-state index >= 15 is 0 Å². The number of fused-ring (bicyclic) bond motifs is 1. The van der Waals surface area contributed by atoms with Gasteiger partial charge in [-0.1, -0.05) is 29.8 Å². The van der Waals surface area contributed by atoms with Crippen molar-refractivity contribution in [2.75, 3.05) is 6.54 Å². The quantitative estimate of drug-likeness (QED) is 0.631. The van der Waals surface area contributed by atoms with Gasteiger partial charge in [-0.15, -0.1) is 10.2 Å². The number of aryl methyl sites for hydroxylation is 1. The minimum absolute atomic E-state index is 0.0994. The van der Waals surface area contributed by atoms with Crippen LogP contribution in [0.5, 0.6) is 0 Å². The zero-order valence-electron chi connectivity index (χ0n) is 14.6. The third-order valence-electron chi connectivity index (χ3n) is 4.86. The molecule has 2 aliphatic rings. The van der Waals surface area contributed by atoms with Crippen molar-refractivity contribution in [1.29, 1.82) is 0 Å². The van der Waals surface area contributed by atoms with E-state index in [0.717, 1.165) is 36.9 Å². The van der Waals surface area contributed by atoms with Gasteiger partial charge in [-0.2, -0.15) is 0 Å². The van der Waals surface area contributed by atoms with E-state index < -0.39 is 0 Å². The highest BCUT2D eigenvalue weighted by atomic mass is 32.2. The van der Waals surface area contributed by atoms with Crippen molar-refractivity contribution in [3.05, 3.63) is 17.5 Å². The molecule has 5 nitrogen and oxygen atoms in total. The highest BCUT2D eigenvalue weighted by Gasteiger charge is 2.20. The summed E-state index contributed by atoms with van der Waals surface area (Å²) in [6, 6.07) is 0. The summed E-state index contributed by atoms with van der Waals surface area (Å²) in [5.41, 5.74) is 1.50. The molecular weight excluding hydrogens is 320 g/mol. The molecule has 6 heteroatoms. The third-order valence-corrected chi connectivity index (χ3v) is 5.94. The Labute approximate surface area is 148 Å². The minimum Gasteiger partial charge on any atom is -0.355 e. The molecule has 0 spiro atoms. The molecule has 1 atom stereocenters. The SMILES string of the molecule is C[C@H](Sc1nnc2n1CCCCC2)C(=O)NCCC1=CCCCC1. The van der Waals surface area contributed by atoms with Crippen molar-refractivity contribution in [3.8, 4) is 0 Å². The molecule has 1 aromatic heterocycles. The van der Waals surface area contributed by atoms with E-state index in [9.17, 15) is 4.79 Å². The van der Waals surface area contributed by atoms with Gasteiger partial charge in [-0.3, -0.25) is 4.79 Å². The average molecular weight is 349 g/mol. The van der Waals surface area contributed by atoms with E-state index in [4.69, 9.17) is 0 Å². The van der Waals surface area contributed by atoms with Crippen LogP contribution in [0.15, 0.2) is 16.8 Å². The summed E-state index contributed by atoms with van der Waals surface area (Å²) in [7, 11) is 0. The van der Waals surface area contributed by atoms with Gasteiger partial charge < -0.3 is 9.88 Å². The maximum atomic E-state index is 12.3. The summed E-state index contributed by atoms with van der Waals surface area (Å²) < 4.78 is 2.20. The minimum atomic E-state index is -0.137. The first kappa shape index (κ1) is 17.5. The highest BCUT2D eigenvalue weighted by molar-refractivity contribution is 8.00. The van der Waals surface area contributed by atoms with Crippen molar-refractivity contribution in [2.24, 2.45) is 0 Å². The van der Waals surface area contributed by atoms with Gasteiger partial charge in [-0.05, 0) is 51.9 Å². The number of hydrogen-bond acceptors (Lipinski definition) is 4. The zero-order valence-corrected chi connectivity index (χ0v) is 15.4. The fourth-order valence-corrected chi connectivity index (χ4v) is 4.30. The topological polar surface area (TPSA) is 59.8 Å². The van der Waals surface area contributed by atoms with Crippen LogP contribution in [-0.4, -0.2) is 32.5 Å². The van der Waals surface area contributed by atoms with Crippen LogP contribution in [-0.2, 0) is 17.8 Å². The number of amides is 1. The molecule has 0 saturated carbocycles. The first-order valence-corrected chi connectivity index (χ1v) is 10.2. The summed E-state index contributed by atoms with van der Waals surface area (Å²) >= 11 is 1.53. The van der Waals surface area contributed by atoms with E-state index in [2.05, 4.69) is 26.2 Å². The van der Waals surface area contributed by atoms with Gasteiger partial charge in [0.15, 0.2) is 5.16 Å². The normalized spacial score (nSPS) is 19.1. The summed E-state index contributed by atoms with van der Waals surface area (Å²) in [6.45, 7) is 3.68. The molecule has 3 rings (SSSR count). The van der Waals surface area contributed by atoms with Crippen molar-refractivity contribution in [3.63, 3.8) is 0 Å². The first-order valence-electron chi connectivity index (χ1n) is 9.28. The third kappa shape index (κ3) is 4.62. The summed E-state index contributed by atoms with van der Waals surface area (Å²) in [5.74, 6) is 1.18. The van der Waals surface area contributed by atoms with Gasteiger partial charge in [0.25, 0.3) is 0 Å². The number of hydrogen-bond donors (Lipinski definition) is 1. The number of nitrogens with one attached hydrogen (secondary N) is 1. The fourth-order valence-electron chi connectivity index (χ4n) is 3.38. The Morgan fingerprint density at radius 2 is 2.12 bits per heavy atom. The molecule has 1 N–H and O–H groups in total. The summed E-state index contributed by atoms with van der Waals surface area (Å²) in [6.07, 6.45) is 13.0. The number of aromatic nitrogens is 3. The molecule has 1 amide bonds. The highest BCUT2D eigenvalue weighted by Crippen LogP contribution is 2.25. The molecule has 2 heterocycles. The second-order valence-corrected chi connectivity index (χ2v) is 8.08. The van der Waals surface area contributed by atoms with Crippen LogP contribution in [0.4, 0.5) is 0 Å². The number of rotatable bonds is 6. The van der Waals surface area contributed by atoms with Crippen LogP contribution in [0.2, 0.25) is 0 Å². The predicted molar refractivity (Wildman–Crippen MR) is 97.1 cm³/mol. The average Bonchev–Trinajstić information content (AvgIpc) is 2.82. The van der Waals surface area contributed by atoms with Crippen molar-refractivity contribution in [1.82, 2.24) is 20.1 Å². The van der Waals surface area contributed by atoms with Crippen molar-refractivity contribution >= 4 is 17.7 Å². The first-order chi connectivity index (χ1) is 11.7. The van der Waals surface area contributed by atoms with Crippen LogP contribution in [0, 0.1) is 0 Å². The molecule has 1 aliphatic heterocycles. The van der Waals surface area contributed by atoms with Crippen molar-refractivity contribution in [2.45, 2.75) is 81.7 Å². The predicted octanol–water partition coefficient (Wildman–Crippen LogP) is 3.49.